The summed E-state index contributed by atoms with van der Waals surface area (Å²) in [5.41, 5.74) is 18.2. The Morgan fingerprint density at radius 1 is 1.08 bits per heavy atom. The number of carboxylic acid groups (broad SMARTS) is 1. The topological polar surface area (TPSA) is 231 Å². The molecule has 208 valence electrons. The van der Waals surface area contributed by atoms with Gasteiger partial charge in [-0.25, -0.2) is 4.79 Å². The first-order valence-electron chi connectivity index (χ1n) is 12.1. The molecule has 38 heavy (non-hydrogen) atoms. The van der Waals surface area contributed by atoms with E-state index in [1.165, 1.54) is 0 Å². The molecule has 2 rings (SSSR count). The Bertz CT molecular complexity index is 1130. The number of aromatic amines is 1. The number of amides is 3. The maximum Gasteiger partial charge on any atom is 0.326 e. The zero-order chi connectivity index (χ0) is 28.1. The van der Waals surface area contributed by atoms with Gasteiger partial charge in [-0.3, -0.25) is 19.4 Å². The number of thioether (sulfide) groups is 1. The van der Waals surface area contributed by atoms with E-state index in [4.69, 9.17) is 17.2 Å². The largest absolute Gasteiger partial charge is 0.480 e. The number of fused-ring (bicyclic) bond motifs is 1. The van der Waals surface area contributed by atoms with E-state index >= 15 is 0 Å². The standard InChI is InChI=1S/C24H36N8O5S/c1-38-10-8-16(25)21(34)32-19(11-14-12-29-17-6-3-2-5-15(14)17)22(35)30-13-20(33)31-18(23(36)37)7-4-9-28-24(26)27/h2-3,5-6,12,16,18-19,29H,4,7-11,13,25H2,1H3,(H,30,35)(H,31,33)(H,32,34)(H,36,37)(H4,26,27,28). The van der Waals surface area contributed by atoms with Crippen LogP contribution in [0.5, 0.6) is 0 Å². The number of rotatable bonds is 16. The summed E-state index contributed by atoms with van der Waals surface area (Å²) in [5, 5.41) is 17.8. The highest BCUT2D eigenvalue weighted by Gasteiger charge is 2.26. The number of hydrogen-bond donors (Lipinski definition) is 8. The second-order valence-corrected chi connectivity index (χ2v) is 9.62. The Morgan fingerprint density at radius 3 is 2.50 bits per heavy atom. The number of hydrogen-bond acceptors (Lipinski definition) is 7. The van der Waals surface area contributed by atoms with Crippen LogP contribution >= 0.6 is 11.8 Å². The first kappa shape index (κ1) is 30.4. The molecule has 3 unspecified atom stereocenters. The third-order valence-electron chi connectivity index (χ3n) is 5.70. The number of carbonyl (C=O) groups is 4. The SMILES string of the molecule is CSCCC(N)C(=O)NC(Cc1c[nH]c2ccccc12)C(=O)NCC(=O)NC(CCCN=C(N)N)C(=O)O. The Kier molecular flexibility index (Phi) is 12.4. The van der Waals surface area contributed by atoms with Gasteiger partial charge in [0, 0.05) is 30.1 Å². The predicted octanol–water partition coefficient (Wildman–Crippen LogP) is -0.985. The van der Waals surface area contributed by atoms with Crippen molar-refractivity contribution in [3.8, 4) is 0 Å². The number of nitrogens with two attached hydrogens (primary N) is 3. The quantitative estimate of drug-likeness (QED) is 0.0730. The third kappa shape index (κ3) is 9.94. The highest BCUT2D eigenvalue weighted by molar-refractivity contribution is 7.98. The van der Waals surface area contributed by atoms with Crippen LogP contribution in [-0.4, -0.2) is 83.0 Å². The zero-order valence-electron chi connectivity index (χ0n) is 21.2. The molecular formula is C24H36N8O5S. The van der Waals surface area contributed by atoms with Crippen LogP contribution in [0.4, 0.5) is 0 Å². The molecule has 2 aromatic rings. The van der Waals surface area contributed by atoms with E-state index in [0.717, 1.165) is 16.5 Å². The van der Waals surface area contributed by atoms with Crippen molar-refractivity contribution in [3.63, 3.8) is 0 Å². The molecular weight excluding hydrogens is 512 g/mol. The Hall–Kier alpha value is -3.78. The molecule has 0 radical (unpaired) electrons. The summed E-state index contributed by atoms with van der Waals surface area (Å²) in [5.74, 6) is -2.42. The van der Waals surface area contributed by atoms with Gasteiger partial charge in [0.2, 0.25) is 17.7 Å². The van der Waals surface area contributed by atoms with Crippen molar-refractivity contribution in [2.45, 2.75) is 43.8 Å². The van der Waals surface area contributed by atoms with Gasteiger partial charge in [0.1, 0.15) is 12.1 Å². The molecule has 0 aliphatic carbocycles. The molecule has 3 atom stereocenters. The van der Waals surface area contributed by atoms with Crippen LogP contribution in [0.1, 0.15) is 24.8 Å². The lowest BCUT2D eigenvalue weighted by molar-refractivity contribution is -0.142. The molecule has 0 aliphatic rings. The number of para-hydroxylation sites is 1. The lowest BCUT2D eigenvalue weighted by Gasteiger charge is -2.21. The van der Waals surface area contributed by atoms with Crippen molar-refractivity contribution < 1.29 is 24.3 Å². The Labute approximate surface area is 224 Å². The van der Waals surface area contributed by atoms with Gasteiger partial charge in [-0.1, -0.05) is 18.2 Å². The number of nitrogens with zero attached hydrogens (tertiary/aromatic N) is 1. The minimum Gasteiger partial charge on any atom is -0.480 e. The van der Waals surface area contributed by atoms with Gasteiger partial charge in [0.05, 0.1) is 12.6 Å². The monoisotopic (exact) mass is 548 g/mol. The lowest BCUT2D eigenvalue weighted by atomic mass is 10.0. The Balaban J connectivity index is 2.04. The number of carbonyl (C=O) groups excluding carboxylic acids is 3. The fraction of sp³-hybridized carbons (Fsp3) is 0.458. The molecule has 3 amide bonds. The molecule has 14 heteroatoms. The maximum absolute atomic E-state index is 13.1. The first-order valence-corrected chi connectivity index (χ1v) is 13.5. The van der Waals surface area contributed by atoms with Crippen molar-refractivity contribution in [2.75, 3.05) is 25.1 Å². The van der Waals surface area contributed by atoms with Gasteiger partial charge < -0.3 is 43.2 Å². The lowest BCUT2D eigenvalue weighted by Crippen LogP contribution is -2.54. The van der Waals surface area contributed by atoms with Gasteiger partial charge in [0.15, 0.2) is 5.96 Å². The third-order valence-corrected chi connectivity index (χ3v) is 6.35. The summed E-state index contributed by atoms with van der Waals surface area (Å²) in [6.07, 6.45) is 4.69. The molecule has 1 aromatic heterocycles. The molecule has 0 saturated heterocycles. The minimum absolute atomic E-state index is 0.0962. The van der Waals surface area contributed by atoms with Crippen LogP contribution in [0.3, 0.4) is 0 Å². The molecule has 0 fully saturated rings. The van der Waals surface area contributed by atoms with Gasteiger partial charge >= 0.3 is 5.97 Å². The van der Waals surface area contributed by atoms with Crippen LogP contribution in [-0.2, 0) is 25.6 Å². The number of H-pyrrole nitrogens is 1. The number of aliphatic carboxylic acids is 1. The van der Waals surface area contributed by atoms with Crippen LogP contribution in [0.15, 0.2) is 35.5 Å². The number of aromatic nitrogens is 1. The summed E-state index contributed by atoms with van der Waals surface area (Å²) >= 11 is 1.56. The van der Waals surface area contributed by atoms with E-state index in [0.29, 0.717) is 18.6 Å². The maximum atomic E-state index is 13.1. The van der Waals surface area contributed by atoms with E-state index in [-0.39, 0.29) is 25.3 Å². The van der Waals surface area contributed by atoms with Crippen molar-refractivity contribution >= 4 is 52.3 Å². The smallest absolute Gasteiger partial charge is 0.326 e. The van der Waals surface area contributed by atoms with E-state index in [1.807, 2.05) is 30.5 Å². The Morgan fingerprint density at radius 2 is 1.82 bits per heavy atom. The molecule has 0 saturated carbocycles. The van der Waals surface area contributed by atoms with E-state index in [9.17, 15) is 24.3 Å². The predicted molar refractivity (Wildman–Crippen MR) is 147 cm³/mol. The van der Waals surface area contributed by atoms with Gasteiger partial charge in [-0.05, 0) is 42.9 Å². The summed E-state index contributed by atoms with van der Waals surface area (Å²) < 4.78 is 0. The summed E-state index contributed by atoms with van der Waals surface area (Å²) in [6, 6.07) is 4.56. The van der Waals surface area contributed by atoms with Crippen molar-refractivity contribution in [2.24, 2.45) is 22.2 Å². The first-order chi connectivity index (χ1) is 18.1. The molecule has 0 spiro atoms. The summed E-state index contributed by atoms with van der Waals surface area (Å²) in [7, 11) is 0. The van der Waals surface area contributed by atoms with Crippen molar-refractivity contribution in [1.29, 1.82) is 0 Å². The van der Waals surface area contributed by atoms with E-state index in [1.54, 1.807) is 18.0 Å². The number of aliphatic imine (C=N–C) groups is 1. The summed E-state index contributed by atoms with van der Waals surface area (Å²) in [6.45, 7) is -0.262. The normalized spacial score (nSPS) is 13.2. The second kappa shape index (κ2) is 15.5. The van der Waals surface area contributed by atoms with Crippen LogP contribution in [0, 0.1) is 0 Å². The molecule has 13 nitrogen and oxygen atoms in total. The van der Waals surface area contributed by atoms with Gasteiger partial charge in [-0.15, -0.1) is 0 Å². The van der Waals surface area contributed by atoms with E-state index in [2.05, 4.69) is 25.9 Å². The molecule has 11 N–H and O–H groups in total. The van der Waals surface area contributed by atoms with Gasteiger partial charge in [0.25, 0.3) is 0 Å². The fourth-order valence-corrected chi connectivity index (χ4v) is 4.17. The highest BCUT2D eigenvalue weighted by atomic mass is 32.2. The number of nitrogens with one attached hydrogen (secondary N) is 4. The highest BCUT2D eigenvalue weighted by Crippen LogP contribution is 2.19. The van der Waals surface area contributed by atoms with Gasteiger partial charge in [-0.2, -0.15) is 11.8 Å². The average molecular weight is 549 g/mol. The number of carboxylic acids is 1. The molecule has 0 aliphatic heterocycles. The van der Waals surface area contributed by atoms with Crippen LogP contribution in [0.25, 0.3) is 10.9 Å². The summed E-state index contributed by atoms with van der Waals surface area (Å²) in [4.78, 5) is 56.5. The minimum atomic E-state index is -1.22. The fourth-order valence-electron chi connectivity index (χ4n) is 3.68. The van der Waals surface area contributed by atoms with Crippen LogP contribution in [0.2, 0.25) is 0 Å². The number of guanidine groups is 1. The molecule has 1 aromatic carbocycles. The number of benzene rings is 1. The van der Waals surface area contributed by atoms with Crippen molar-refractivity contribution in [1.82, 2.24) is 20.9 Å². The molecule has 1 heterocycles. The van der Waals surface area contributed by atoms with Crippen molar-refractivity contribution in [3.05, 3.63) is 36.0 Å². The second-order valence-electron chi connectivity index (χ2n) is 8.64. The zero-order valence-corrected chi connectivity index (χ0v) is 22.1. The van der Waals surface area contributed by atoms with E-state index < -0.39 is 48.4 Å². The van der Waals surface area contributed by atoms with Crippen LogP contribution < -0.4 is 33.2 Å². The molecule has 0 bridgehead atoms. The average Bonchev–Trinajstić information content (AvgIpc) is 3.29.